The molecule has 0 aliphatic carbocycles. The van der Waals surface area contributed by atoms with E-state index in [1.807, 2.05) is 84.0 Å². The van der Waals surface area contributed by atoms with Crippen molar-refractivity contribution in [1.29, 1.82) is 0 Å². The van der Waals surface area contributed by atoms with Crippen molar-refractivity contribution in [2.24, 2.45) is 0 Å². The van der Waals surface area contributed by atoms with Crippen molar-refractivity contribution in [3.05, 3.63) is 95.7 Å². The zero-order chi connectivity index (χ0) is 34.4. The summed E-state index contributed by atoms with van der Waals surface area (Å²) in [6.07, 6.45) is 2.30. The van der Waals surface area contributed by atoms with Crippen LogP contribution in [-0.4, -0.2) is 66.2 Å². The molecule has 0 saturated carbocycles. The summed E-state index contributed by atoms with van der Waals surface area (Å²) in [6.45, 7) is 20.2. The Morgan fingerprint density at radius 3 is 1.86 bits per heavy atom. The number of H-pyrrole nitrogens is 2. The molecule has 4 heterocycles. The van der Waals surface area contributed by atoms with Gasteiger partial charge >= 0.3 is 12.2 Å². The summed E-state index contributed by atoms with van der Waals surface area (Å²) in [5, 5.41) is 0. The van der Waals surface area contributed by atoms with E-state index in [-0.39, 0.29) is 51.3 Å². The van der Waals surface area contributed by atoms with Crippen molar-refractivity contribution in [2.45, 2.75) is 77.7 Å². The first-order valence-corrected chi connectivity index (χ1v) is 16.1. The van der Waals surface area contributed by atoms with Crippen molar-refractivity contribution in [3.63, 3.8) is 0 Å². The Balaban J connectivity index is 0.00000281. The summed E-state index contributed by atoms with van der Waals surface area (Å²) >= 11 is 0. The molecule has 2 amide bonds. The van der Waals surface area contributed by atoms with E-state index in [0.717, 1.165) is 44.6 Å². The van der Waals surface area contributed by atoms with E-state index in [4.69, 9.17) is 14.5 Å². The van der Waals surface area contributed by atoms with Gasteiger partial charge in [-0.2, -0.15) is 27.0 Å². The van der Waals surface area contributed by atoms with Crippen LogP contribution < -0.4 is 0 Å². The SMILES string of the molecule is C=C1C[C@@H](c2ncc(-c3ccc(C#Cc4ccc5nc([C@@H]6CC(=C)CN6C(=O)OC(C)(C)C)[nH]c5c4)cc3)[nH]2)N(C(=O)OC(C)(C)C)C1.S.S. The molecule has 12 heteroatoms. The maximum absolute atomic E-state index is 12.9. The third-order valence-corrected chi connectivity index (χ3v) is 8.03. The van der Waals surface area contributed by atoms with E-state index in [1.165, 1.54) is 0 Å². The predicted octanol–water partition coefficient (Wildman–Crippen LogP) is 8.05. The molecule has 2 N–H and O–H groups in total. The zero-order valence-electron chi connectivity index (χ0n) is 29.4. The normalized spacial score (nSPS) is 17.6. The van der Waals surface area contributed by atoms with Crippen LogP contribution in [0.4, 0.5) is 9.59 Å². The Kier molecular flexibility index (Phi) is 11.2. The highest BCUT2D eigenvalue weighted by molar-refractivity contribution is 7.59. The molecule has 2 aromatic carbocycles. The van der Waals surface area contributed by atoms with Gasteiger partial charge in [0, 0.05) is 24.2 Å². The molecule has 2 aliphatic heterocycles. The average molecular weight is 715 g/mol. The number of amides is 2. The summed E-state index contributed by atoms with van der Waals surface area (Å²) in [6, 6.07) is 13.3. The third kappa shape index (κ3) is 8.76. The third-order valence-electron chi connectivity index (χ3n) is 8.03. The molecule has 50 heavy (non-hydrogen) atoms. The van der Waals surface area contributed by atoms with Crippen molar-refractivity contribution < 1.29 is 19.1 Å². The summed E-state index contributed by atoms with van der Waals surface area (Å²) in [5.41, 5.74) is 5.91. The molecule has 2 aromatic heterocycles. The summed E-state index contributed by atoms with van der Waals surface area (Å²) in [4.78, 5) is 45.3. The molecule has 2 aliphatic rings. The van der Waals surface area contributed by atoms with Crippen molar-refractivity contribution in [3.8, 4) is 23.1 Å². The summed E-state index contributed by atoms with van der Waals surface area (Å²) < 4.78 is 11.3. The average Bonchev–Trinajstić information content (AvgIpc) is 3.79. The van der Waals surface area contributed by atoms with Crippen LogP contribution in [-0.2, 0) is 9.47 Å². The second-order valence-corrected chi connectivity index (χ2v) is 14.5. The van der Waals surface area contributed by atoms with Gasteiger partial charge in [-0.3, -0.25) is 9.80 Å². The number of ether oxygens (including phenoxy) is 2. The fourth-order valence-electron chi connectivity index (χ4n) is 5.91. The van der Waals surface area contributed by atoms with Crippen LogP contribution in [0.25, 0.3) is 22.3 Å². The lowest BCUT2D eigenvalue weighted by molar-refractivity contribution is 0.0211. The monoisotopic (exact) mass is 714 g/mol. The van der Waals surface area contributed by atoms with Gasteiger partial charge in [-0.05, 0) is 90.3 Å². The van der Waals surface area contributed by atoms with Gasteiger partial charge in [-0.15, -0.1) is 0 Å². The van der Waals surface area contributed by atoms with Crippen LogP contribution >= 0.6 is 27.0 Å². The number of carbonyl (C=O) groups excluding carboxylic acids is 2. The minimum absolute atomic E-state index is 0. The highest BCUT2D eigenvalue weighted by atomic mass is 32.1. The number of benzene rings is 2. The Bertz CT molecular complexity index is 1970. The molecule has 0 unspecified atom stereocenters. The first kappa shape index (κ1) is 38.2. The van der Waals surface area contributed by atoms with Gasteiger partial charge in [0.25, 0.3) is 0 Å². The summed E-state index contributed by atoms with van der Waals surface area (Å²) in [7, 11) is 0. The lowest BCUT2D eigenvalue weighted by atomic mass is 10.1. The number of likely N-dealkylation sites (tertiary alicyclic amines) is 2. The van der Waals surface area contributed by atoms with Gasteiger partial charge in [0.1, 0.15) is 22.9 Å². The first-order chi connectivity index (χ1) is 22.6. The van der Waals surface area contributed by atoms with Crippen molar-refractivity contribution >= 4 is 50.2 Å². The van der Waals surface area contributed by atoms with E-state index in [2.05, 4.69) is 40.0 Å². The van der Waals surface area contributed by atoms with E-state index >= 15 is 0 Å². The van der Waals surface area contributed by atoms with E-state index in [9.17, 15) is 9.59 Å². The quantitative estimate of drug-likeness (QED) is 0.164. The molecule has 0 radical (unpaired) electrons. The standard InChI is InChI=1S/C38H42N6O4.2H2S/c1-23-17-31(43(21-23)35(45)47-37(3,4)5)33-39-20-30(42-33)27-14-11-25(12-15-27)9-10-26-13-16-28-29(19-26)41-34(40-28)32-18-24(2)22-44(32)36(46)48-38(6,7)8;;/h11-16,19-20,31-32H,1-2,17-18,21-22H2,3-8H3,(H,39,42)(H,40,41);2*1H2/t31-,32-;;/m0../s1. The van der Waals surface area contributed by atoms with Crippen LogP contribution in [0.5, 0.6) is 0 Å². The Morgan fingerprint density at radius 2 is 1.30 bits per heavy atom. The number of carbonyl (C=O) groups is 2. The zero-order valence-corrected chi connectivity index (χ0v) is 31.4. The van der Waals surface area contributed by atoms with Crippen LogP contribution in [0.3, 0.4) is 0 Å². The Labute approximate surface area is 307 Å². The smallest absolute Gasteiger partial charge is 0.411 e. The van der Waals surface area contributed by atoms with Gasteiger partial charge in [0.05, 0.1) is 35.0 Å². The van der Waals surface area contributed by atoms with Crippen LogP contribution in [0.15, 0.2) is 73.0 Å². The molecule has 0 bridgehead atoms. The van der Waals surface area contributed by atoms with Gasteiger partial charge in [0.2, 0.25) is 0 Å². The van der Waals surface area contributed by atoms with E-state index < -0.39 is 11.2 Å². The number of rotatable bonds is 3. The predicted molar refractivity (Wildman–Crippen MR) is 206 cm³/mol. The van der Waals surface area contributed by atoms with E-state index in [0.29, 0.717) is 37.6 Å². The first-order valence-electron chi connectivity index (χ1n) is 16.1. The molecule has 6 rings (SSSR count). The van der Waals surface area contributed by atoms with Gasteiger partial charge in [-0.25, -0.2) is 19.6 Å². The molecule has 0 spiro atoms. The number of hydrogen-bond donors (Lipinski definition) is 2. The fourth-order valence-corrected chi connectivity index (χ4v) is 5.91. The van der Waals surface area contributed by atoms with Crippen LogP contribution in [0, 0.1) is 11.8 Å². The van der Waals surface area contributed by atoms with Crippen molar-refractivity contribution in [2.75, 3.05) is 13.1 Å². The molecule has 2 fully saturated rings. The molecular formula is C38H46N6O4S2. The number of hydrogen-bond acceptors (Lipinski definition) is 6. The topological polar surface area (TPSA) is 116 Å². The van der Waals surface area contributed by atoms with Gasteiger partial charge in [-0.1, -0.05) is 48.3 Å². The number of aromatic nitrogens is 4. The van der Waals surface area contributed by atoms with E-state index in [1.54, 1.807) is 16.0 Å². The van der Waals surface area contributed by atoms with Gasteiger partial charge < -0.3 is 19.4 Å². The van der Waals surface area contributed by atoms with Crippen LogP contribution in [0.1, 0.15) is 89.2 Å². The number of nitrogens with one attached hydrogen (secondary N) is 2. The molecule has 4 aromatic rings. The minimum atomic E-state index is -0.589. The lowest BCUT2D eigenvalue weighted by Crippen LogP contribution is -2.36. The maximum Gasteiger partial charge on any atom is 0.411 e. The van der Waals surface area contributed by atoms with Crippen molar-refractivity contribution in [1.82, 2.24) is 29.7 Å². The highest BCUT2D eigenvalue weighted by Crippen LogP contribution is 2.36. The molecule has 2 atom stereocenters. The molecule has 10 nitrogen and oxygen atoms in total. The highest BCUT2D eigenvalue weighted by Gasteiger charge is 2.38. The number of aromatic amines is 2. The second-order valence-electron chi connectivity index (χ2n) is 14.5. The number of nitrogens with zero attached hydrogens (tertiary/aromatic N) is 4. The minimum Gasteiger partial charge on any atom is -0.444 e. The van der Waals surface area contributed by atoms with Gasteiger partial charge in [0.15, 0.2) is 0 Å². The summed E-state index contributed by atoms with van der Waals surface area (Å²) in [5.74, 6) is 7.90. The fraction of sp³-hybridized carbons (Fsp3) is 0.368. The molecular weight excluding hydrogens is 669 g/mol. The second kappa shape index (κ2) is 14.7. The Hall–Kier alpha value is -4.60. The number of imidazole rings is 2. The Morgan fingerprint density at radius 1 is 0.780 bits per heavy atom. The largest absolute Gasteiger partial charge is 0.444 e. The molecule has 2 saturated heterocycles. The molecule has 264 valence electrons. The number of fused-ring (bicyclic) bond motifs is 1. The lowest BCUT2D eigenvalue weighted by Gasteiger charge is -2.27. The van der Waals surface area contributed by atoms with Crippen LogP contribution in [0.2, 0.25) is 0 Å². The maximum atomic E-state index is 12.9.